The van der Waals surface area contributed by atoms with E-state index < -0.39 is 5.72 Å². The lowest BCUT2D eigenvalue weighted by atomic mass is 10.1. The second-order valence-corrected chi connectivity index (χ2v) is 2.28. The van der Waals surface area contributed by atoms with Crippen molar-refractivity contribution < 1.29 is 5.11 Å². The largest absolute Gasteiger partial charge is 0.367 e. The van der Waals surface area contributed by atoms with Crippen LogP contribution in [0.25, 0.3) is 0 Å². The minimum absolute atomic E-state index is 0.522. The van der Waals surface area contributed by atoms with Crippen LogP contribution in [0, 0.1) is 0 Å². The number of hydrogen-bond donors (Lipinski definition) is 2. The maximum atomic E-state index is 9.55. The van der Waals surface area contributed by atoms with Crippen molar-refractivity contribution in [3.05, 3.63) is 37.1 Å². The molecule has 2 N–H and O–H groups in total. The maximum absolute atomic E-state index is 9.55. The summed E-state index contributed by atoms with van der Waals surface area (Å²) in [6.07, 6.45) is 9.25. The highest BCUT2D eigenvalue weighted by Crippen LogP contribution is 2.11. The molecule has 0 aliphatic carbocycles. The number of dihydropyridines is 1. The Balaban J connectivity index is 2.60. The van der Waals surface area contributed by atoms with Crippen LogP contribution >= 0.6 is 0 Å². The highest BCUT2D eigenvalue weighted by molar-refractivity contribution is 5.16. The van der Waals surface area contributed by atoms with Crippen LogP contribution in [-0.2, 0) is 0 Å². The van der Waals surface area contributed by atoms with Gasteiger partial charge in [-0.05, 0) is 18.4 Å². The molecule has 2 nitrogen and oxygen atoms in total. The lowest BCUT2D eigenvalue weighted by Crippen LogP contribution is -2.40. The Labute approximate surface area is 60.6 Å². The monoisotopic (exact) mass is 137 g/mol. The molecule has 0 fully saturated rings. The van der Waals surface area contributed by atoms with E-state index in [2.05, 4.69) is 11.9 Å². The van der Waals surface area contributed by atoms with Crippen molar-refractivity contribution in [3.8, 4) is 0 Å². The number of allylic oxidation sites excluding steroid dienone is 2. The molecular weight excluding hydrogens is 126 g/mol. The summed E-state index contributed by atoms with van der Waals surface area (Å²) in [7, 11) is 0. The lowest BCUT2D eigenvalue weighted by molar-refractivity contribution is 0.0711. The van der Waals surface area contributed by atoms with Gasteiger partial charge in [-0.15, -0.1) is 6.58 Å². The molecule has 1 atom stereocenters. The van der Waals surface area contributed by atoms with Crippen molar-refractivity contribution in [3.63, 3.8) is 0 Å². The summed E-state index contributed by atoms with van der Waals surface area (Å²) in [4.78, 5) is 0. The topological polar surface area (TPSA) is 32.3 Å². The molecule has 1 aliphatic heterocycles. The van der Waals surface area contributed by atoms with Gasteiger partial charge in [-0.2, -0.15) is 0 Å². The van der Waals surface area contributed by atoms with Gasteiger partial charge in [-0.1, -0.05) is 12.2 Å². The molecule has 2 heteroatoms. The number of hydrogen-bond acceptors (Lipinski definition) is 2. The molecule has 1 unspecified atom stereocenters. The van der Waals surface area contributed by atoms with Crippen molar-refractivity contribution in [2.24, 2.45) is 0 Å². The summed E-state index contributed by atoms with van der Waals surface area (Å²) in [6.45, 7) is 3.54. The summed E-state index contributed by atoms with van der Waals surface area (Å²) >= 11 is 0. The zero-order valence-corrected chi connectivity index (χ0v) is 5.75. The van der Waals surface area contributed by atoms with E-state index in [1.54, 1.807) is 24.4 Å². The highest BCUT2D eigenvalue weighted by atomic mass is 16.3. The van der Waals surface area contributed by atoms with Crippen molar-refractivity contribution in [2.45, 2.75) is 12.1 Å². The minimum atomic E-state index is -0.906. The van der Waals surface area contributed by atoms with Crippen LogP contribution in [0.4, 0.5) is 0 Å². The Morgan fingerprint density at radius 1 is 1.60 bits per heavy atom. The van der Waals surface area contributed by atoms with Crippen molar-refractivity contribution in [2.75, 3.05) is 0 Å². The predicted molar refractivity (Wildman–Crippen MR) is 41.2 cm³/mol. The molecule has 0 aromatic heterocycles. The molecule has 1 rings (SSSR count). The van der Waals surface area contributed by atoms with Gasteiger partial charge in [0.15, 0.2) is 5.72 Å². The van der Waals surface area contributed by atoms with Crippen molar-refractivity contribution >= 4 is 0 Å². The van der Waals surface area contributed by atoms with E-state index in [-0.39, 0.29) is 0 Å². The van der Waals surface area contributed by atoms with Crippen LogP contribution in [0.1, 0.15) is 6.42 Å². The highest BCUT2D eigenvalue weighted by Gasteiger charge is 2.19. The summed E-state index contributed by atoms with van der Waals surface area (Å²) in [6, 6.07) is 0. The summed E-state index contributed by atoms with van der Waals surface area (Å²) < 4.78 is 0. The van der Waals surface area contributed by atoms with Crippen LogP contribution < -0.4 is 5.32 Å². The third-order valence-electron chi connectivity index (χ3n) is 1.37. The molecule has 1 heterocycles. The first-order chi connectivity index (χ1) is 4.77. The Kier molecular flexibility index (Phi) is 1.92. The van der Waals surface area contributed by atoms with Gasteiger partial charge in [0.25, 0.3) is 0 Å². The molecule has 0 saturated heterocycles. The summed E-state index contributed by atoms with van der Waals surface area (Å²) in [5.74, 6) is 0. The summed E-state index contributed by atoms with van der Waals surface area (Å²) in [5.41, 5.74) is -0.906. The van der Waals surface area contributed by atoms with Gasteiger partial charge >= 0.3 is 0 Å². The van der Waals surface area contributed by atoms with E-state index in [9.17, 15) is 5.11 Å². The standard InChI is InChI=1S/C8H11NO/c1-2-5-8(10)6-3-4-7-9-8/h2-4,6-7,9-10H,1,5H2. The quantitative estimate of drug-likeness (QED) is 0.555. The Bertz CT molecular complexity index is 180. The van der Waals surface area contributed by atoms with E-state index in [1.165, 1.54) is 0 Å². The van der Waals surface area contributed by atoms with Crippen LogP contribution in [0.2, 0.25) is 0 Å². The SMILES string of the molecule is C=CCC1(O)C=CC=CN1. The van der Waals surface area contributed by atoms with E-state index in [1.807, 2.05) is 6.08 Å². The fraction of sp³-hybridized carbons (Fsp3) is 0.250. The number of nitrogens with one attached hydrogen (secondary N) is 1. The molecule has 0 saturated carbocycles. The lowest BCUT2D eigenvalue weighted by Gasteiger charge is -2.25. The normalized spacial score (nSPS) is 29.7. The molecule has 0 amide bonds. The third-order valence-corrected chi connectivity index (χ3v) is 1.37. The predicted octanol–water partition coefficient (Wildman–Crippen LogP) is 0.924. The van der Waals surface area contributed by atoms with E-state index >= 15 is 0 Å². The second kappa shape index (κ2) is 2.71. The fourth-order valence-corrected chi connectivity index (χ4v) is 0.858. The zero-order valence-electron chi connectivity index (χ0n) is 5.75. The molecule has 0 aromatic rings. The second-order valence-electron chi connectivity index (χ2n) is 2.28. The maximum Gasteiger partial charge on any atom is 0.158 e. The Morgan fingerprint density at radius 3 is 2.90 bits per heavy atom. The Hall–Kier alpha value is -1.02. The zero-order chi connectivity index (χ0) is 7.45. The fourth-order valence-electron chi connectivity index (χ4n) is 0.858. The molecule has 10 heavy (non-hydrogen) atoms. The van der Waals surface area contributed by atoms with Gasteiger partial charge in [-0.25, -0.2) is 0 Å². The van der Waals surface area contributed by atoms with Crippen LogP contribution in [0.5, 0.6) is 0 Å². The van der Waals surface area contributed by atoms with Gasteiger partial charge in [0.05, 0.1) is 0 Å². The molecule has 1 aliphatic rings. The third kappa shape index (κ3) is 1.48. The van der Waals surface area contributed by atoms with Gasteiger partial charge in [-0.3, -0.25) is 0 Å². The van der Waals surface area contributed by atoms with Crippen molar-refractivity contribution in [1.29, 1.82) is 0 Å². The van der Waals surface area contributed by atoms with E-state index in [4.69, 9.17) is 0 Å². The molecular formula is C8H11NO. The average molecular weight is 137 g/mol. The molecule has 54 valence electrons. The minimum Gasteiger partial charge on any atom is -0.367 e. The average Bonchev–Trinajstić information content (AvgIpc) is 1.89. The van der Waals surface area contributed by atoms with E-state index in [0.29, 0.717) is 6.42 Å². The van der Waals surface area contributed by atoms with E-state index in [0.717, 1.165) is 0 Å². The molecule has 0 bridgehead atoms. The first kappa shape index (κ1) is 7.09. The number of rotatable bonds is 2. The van der Waals surface area contributed by atoms with Gasteiger partial charge in [0.1, 0.15) is 0 Å². The van der Waals surface area contributed by atoms with Gasteiger partial charge in [0, 0.05) is 6.42 Å². The van der Waals surface area contributed by atoms with Gasteiger partial charge in [0.2, 0.25) is 0 Å². The smallest absolute Gasteiger partial charge is 0.158 e. The molecule has 0 spiro atoms. The number of aliphatic hydroxyl groups is 1. The van der Waals surface area contributed by atoms with Crippen LogP contribution in [0.3, 0.4) is 0 Å². The molecule has 0 radical (unpaired) electrons. The van der Waals surface area contributed by atoms with Crippen LogP contribution in [0.15, 0.2) is 37.1 Å². The first-order valence-electron chi connectivity index (χ1n) is 3.22. The van der Waals surface area contributed by atoms with Crippen molar-refractivity contribution in [1.82, 2.24) is 5.32 Å². The first-order valence-corrected chi connectivity index (χ1v) is 3.22. The van der Waals surface area contributed by atoms with Gasteiger partial charge < -0.3 is 10.4 Å². The molecule has 0 aromatic carbocycles. The Morgan fingerprint density at radius 2 is 2.40 bits per heavy atom. The summed E-state index contributed by atoms with van der Waals surface area (Å²) in [5, 5.41) is 12.4. The van der Waals surface area contributed by atoms with Crippen LogP contribution in [-0.4, -0.2) is 10.8 Å².